The number of hydrogen-bond donors (Lipinski definition) is 2. The molecule has 2 aliphatic rings. The highest BCUT2D eigenvalue weighted by atomic mass is 16.5. The van der Waals surface area contributed by atoms with Gasteiger partial charge in [0, 0.05) is 32.8 Å². The molecule has 5 heteroatoms. The maximum absolute atomic E-state index is 9.49. The first-order valence-electron chi connectivity index (χ1n) is 7.51. The lowest BCUT2D eigenvalue weighted by Crippen LogP contribution is -2.54. The Morgan fingerprint density at radius 2 is 2.05 bits per heavy atom. The zero-order valence-corrected chi connectivity index (χ0v) is 12.1. The van der Waals surface area contributed by atoms with Crippen molar-refractivity contribution in [2.24, 2.45) is 5.41 Å². The molecule has 2 N–H and O–H groups in total. The van der Waals surface area contributed by atoms with E-state index in [1.807, 2.05) is 0 Å². The van der Waals surface area contributed by atoms with Gasteiger partial charge in [0.1, 0.15) is 0 Å². The predicted molar refractivity (Wildman–Crippen MR) is 74.3 cm³/mol. The quantitative estimate of drug-likeness (QED) is 0.717. The molecule has 0 spiro atoms. The van der Waals surface area contributed by atoms with Crippen LogP contribution in [-0.2, 0) is 9.47 Å². The minimum Gasteiger partial charge on any atom is -0.395 e. The monoisotopic (exact) mass is 272 g/mol. The molecule has 112 valence electrons. The third-order valence-electron chi connectivity index (χ3n) is 4.40. The maximum Gasteiger partial charge on any atom is 0.0644 e. The fraction of sp³-hybridized carbons (Fsp3) is 1.00. The Morgan fingerprint density at radius 1 is 1.26 bits per heavy atom. The van der Waals surface area contributed by atoms with Crippen molar-refractivity contribution in [1.29, 1.82) is 0 Å². The molecule has 0 saturated carbocycles. The van der Waals surface area contributed by atoms with Crippen LogP contribution < -0.4 is 5.32 Å². The standard InChI is InChI=1S/C14H28N2O3/c1-2-15-11-14(3-6-18-7-4-14)12-16-5-8-19-10-13(16)9-17/h13,15,17H,2-12H2,1H3. The van der Waals surface area contributed by atoms with Gasteiger partial charge in [-0.25, -0.2) is 0 Å². The number of nitrogens with zero attached hydrogens (tertiary/aromatic N) is 1. The molecule has 0 radical (unpaired) electrons. The van der Waals surface area contributed by atoms with Gasteiger partial charge in [0.2, 0.25) is 0 Å². The Balaban J connectivity index is 1.97. The molecule has 0 aliphatic carbocycles. The van der Waals surface area contributed by atoms with Gasteiger partial charge in [0.15, 0.2) is 0 Å². The first kappa shape index (κ1) is 15.2. The molecule has 0 aromatic rings. The molecular weight excluding hydrogens is 244 g/mol. The molecule has 0 amide bonds. The van der Waals surface area contributed by atoms with E-state index in [0.717, 1.165) is 58.8 Å². The molecule has 0 aromatic heterocycles. The van der Waals surface area contributed by atoms with Gasteiger partial charge in [-0.05, 0) is 24.8 Å². The van der Waals surface area contributed by atoms with Crippen LogP contribution in [0.25, 0.3) is 0 Å². The summed E-state index contributed by atoms with van der Waals surface area (Å²) in [6.07, 6.45) is 2.21. The Kier molecular flexibility index (Phi) is 6.04. The van der Waals surface area contributed by atoms with Crippen molar-refractivity contribution in [2.75, 3.05) is 59.2 Å². The van der Waals surface area contributed by atoms with E-state index in [-0.39, 0.29) is 12.6 Å². The summed E-state index contributed by atoms with van der Waals surface area (Å²) in [5.41, 5.74) is 0.291. The van der Waals surface area contributed by atoms with Crippen LogP contribution in [0.15, 0.2) is 0 Å². The normalized spacial score (nSPS) is 28.4. The van der Waals surface area contributed by atoms with E-state index in [9.17, 15) is 5.11 Å². The van der Waals surface area contributed by atoms with E-state index in [1.54, 1.807) is 0 Å². The SMILES string of the molecule is CCNCC1(CN2CCOCC2CO)CCOCC1. The van der Waals surface area contributed by atoms with Crippen LogP contribution >= 0.6 is 0 Å². The molecular formula is C14H28N2O3. The predicted octanol–water partition coefficient (Wildman–Crippen LogP) is 0.0858. The minimum atomic E-state index is 0.162. The van der Waals surface area contributed by atoms with E-state index < -0.39 is 0 Å². The summed E-state index contributed by atoms with van der Waals surface area (Å²) in [5, 5.41) is 13.0. The third kappa shape index (κ3) is 4.13. The number of rotatable bonds is 6. The van der Waals surface area contributed by atoms with Gasteiger partial charge in [-0.3, -0.25) is 4.90 Å². The smallest absolute Gasteiger partial charge is 0.0644 e. The highest BCUT2D eigenvalue weighted by Crippen LogP contribution is 2.32. The number of morpholine rings is 1. The fourth-order valence-electron chi connectivity index (χ4n) is 3.08. The zero-order chi connectivity index (χ0) is 13.6. The fourth-order valence-corrected chi connectivity index (χ4v) is 3.08. The van der Waals surface area contributed by atoms with Gasteiger partial charge < -0.3 is 19.9 Å². The highest BCUT2D eigenvalue weighted by Gasteiger charge is 2.36. The second-order valence-corrected chi connectivity index (χ2v) is 5.77. The van der Waals surface area contributed by atoms with Crippen LogP contribution in [0.3, 0.4) is 0 Å². The number of aliphatic hydroxyl groups is 1. The second-order valence-electron chi connectivity index (χ2n) is 5.77. The van der Waals surface area contributed by atoms with Gasteiger partial charge in [0.05, 0.1) is 25.9 Å². The summed E-state index contributed by atoms with van der Waals surface area (Å²) in [6.45, 7) is 9.52. The Morgan fingerprint density at radius 3 is 2.74 bits per heavy atom. The van der Waals surface area contributed by atoms with Gasteiger partial charge in [-0.1, -0.05) is 6.92 Å². The van der Waals surface area contributed by atoms with Gasteiger partial charge in [-0.15, -0.1) is 0 Å². The largest absolute Gasteiger partial charge is 0.395 e. The molecule has 0 aromatic carbocycles. The number of hydrogen-bond acceptors (Lipinski definition) is 5. The Bertz CT molecular complexity index is 257. The molecule has 2 heterocycles. The summed E-state index contributed by atoms with van der Waals surface area (Å²) in [6, 6.07) is 0.162. The van der Waals surface area contributed by atoms with Crippen LogP contribution in [-0.4, -0.2) is 75.3 Å². The van der Waals surface area contributed by atoms with Crippen molar-refractivity contribution in [3.05, 3.63) is 0 Å². The number of nitrogens with one attached hydrogen (secondary N) is 1. The van der Waals surface area contributed by atoms with Crippen molar-refractivity contribution in [3.63, 3.8) is 0 Å². The van der Waals surface area contributed by atoms with Crippen LogP contribution in [0.2, 0.25) is 0 Å². The van der Waals surface area contributed by atoms with Gasteiger partial charge in [-0.2, -0.15) is 0 Å². The van der Waals surface area contributed by atoms with Gasteiger partial charge in [0.25, 0.3) is 0 Å². The van der Waals surface area contributed by atoms with Crippen LogP contribution in [0.1, 0.15) is 19.8 Å². The Hall–Kier alpha value is -0.200. The molecule has 19 heavy (non-hydrogen) atoms. The molecule has 0 bridgehead atoms. The van der Waals surface area contributed by atoms with Crippen LogP contribution in [0.5, 0.6) is 0 Å². The van der Waals surface area contributed by atoms with Crippen molar-refractivity contribution < 1.29 is 14.6 Å². The van der Waals surface area contributed by atoms with Crippen molar-refractivity contribution in [1.82, 2.24) is 10.2 Å². The molecule has 1 unspecified atom stereocenters. The molecule has 2 aliphatic heterocycles. The topological polar surface area (TPSA) is 54.0 Å². The summed E-state index contributed by atoms with van der Waals surface area (Å²) in [5.74, 6) is 0. The lowest BCUT2D eigenvalue weighted by molar-refractivity contribution is -0.0651. The summed E-state index contributed by atoms with van der Waals surface area (Å²) in [4.78, 5) is 2.41. The van der Waals surface area contributed by atoms with Crippen LogP contribution in [0.4, 0.5) is 0 Å². The van der Waals surface area contributed by atoms with Crippen molar-refractivity contribution in [3.8, 4) is 0 Å². The molecule has 2 rings (SSSR count). The average molecular weight is 272 g/mol. The van der Waals surface area contributed by atoms with Crippen molar-refractivity contribution >= 4 is 0 Å². The van der Waals surface area contributed by atoms with Gasteiger partial charge >= 0.3 is 0 Å². The van der Waals surface area contributed by atoms with E-state index >= 15 is 0 Å². The second kappa shape index (κ2) is 7.55. The first-order chi connectivity index (χ1) is 9.29. The zero-order valence-electron chi connectivity index (χ0n) is 12.1. The van der Waals surface area contributed by atoms with E-state index in [2.05, 4.69) is 17.1 Å². The Labute approximate surface area is 116 Å². The summed E-state index contributed by atoms with van der Waals surface area (Å²) >= 11 is 0. The lowest BCUT2D eigenvalue weighted by atomic mass is 9.79. The first-order valence-corrected chi connectivity index (χ1v) is 7.51. The lowest BCUT2D eigenvalue weighted by Gasteiger charge is -2.44. The van der Waals surface area contributed by atoms with E-state index in [0.29, 0.717) is 12.0 Å². The molecule has 5 nitrogen and oxygen atoms in total. The van der Waals surface area contributed by atoms with Crippen LogP contribution in [0, 0.1) is 5.41 Å². The molecule has 2 fully saturated rings. The summed E-state index contributed by atoms with van der Waals surface area (Å²) in [7, 11) is 0. The highest BCUT2D eigenvalue weighted by molar-refractivity contribution is 4.89. The number of aliphatic hydroxyl groups excluding tert-OH is 1. The summed E-state index contributed by atoms with van der Waals surface area (Å²) < 4.78 is 11.0. The number of ether oxygens (including phenoxy) is 2. The molecule has 2 saturated heterocycles. The van der Waals surface area contributed by atoms with Crippen molar-refractivity contribution in [2.45, 2.75) is 25.8 Å². The van der Waals surface area contributed by atoms with E-state index in [4.69, 9.17) is 9.47 Å². The minimum absolute atomic E-state index is 0.162. The maximum atomic E-state index is 9.49. The average Bonchev–Trinajstić information content (AvgIpc) is 2.47. The molecule has 1 atom stereocenters. The third-order valence-corrected chi connectivity index (χ3v) is 4.40. The van der Waals surface area contributed by atoms with E-state index in [1.165, 1.54) is 0 Å².